The lowest BCUT2D eigenvalue weighted by Gasteiger charge is -2.10. The first-order valence-corrected chi connectivity index (χ1v) is 5.34. The second kappa shape index (κ2) is 4.95. The van der Waals surface area contributed by atoms with Crippen LogP contribution >= 0.6 is 0 Å². The van der Waals surface area contributed by atoms with E-state index >= 15 is 0 Å². The molecule has 1 aromatic carbocycles. The predicted octanol–water partition coefficient (Wildman–Crippen LogP) is 0.639. The van der Waals surface area contributed by atoms with E-state index in [0.29, 0.717) is 12.0 Å². The van der Waals surface area contributed by atoms with Gasteiger partial charge in [0.1, 0.15) is 6.04 Å². The maximum Gasteiger partial charge on any atom is 0.324 e. The second-order valence-corrected chi connectivity index (χ2v) is 3.85. The Balaban J connectivity index is 2.16. The lowest BCUT2D eigenvalue weighted by Crippen LogP contribution is -2.36. The van der Waals surface area contributed by atoms with Gasteiger partial charge in [0.05, 0.1) is 18.7 Å². The van der Waals surface area contributed by atoms with Crippen LogP contribution in [0.3, 0.4) is 0 Å². The van der Waals surface area contributed by atoms with E-state index in [2.05, 4.69) is 21.7 Å². The summed E-state index contributed by atoms with van der Waals surface area (Å²) in [6.07, 6.45) is 0.575. The van der Waals surface area contributed by atoms with Gasteiger partial charge in [0.2, 0.25) is 0 Å². The van der Waals surface area contributed by atoms with Gasteiger partial charge in [-0.05, 0) is 18.1 Å². The molecule has 1 heterocycles. The highest BCUT2D eigenvalue weighted by Crippen LogP contribution is 2.25. The number of ether oxygens (including phenoxy) is 1. The normalized spacial score (nSPS) is 23.1. The second-order valence-electron chi connectivity index (χ2n) is 3.85. The van der Waals surface area contributed by atoms with Crippen LogP contribution in [0.2, 0.25) is 0 Å². The number of hydrogen-bond acceptors (Lipinski definition) is 5. The standard InChI is InChI=1S/C12H13N3O2/c1-17-12(16)11-6-10(14-15-11)9-5-3-2-4-8(9)7-13/h2-5,10-11,14-15H,6H2,1H3. The predicted molar refractivity (Wildman–Crippen MR) is 60.6 cm³/mol. The van der Waals surface area contributed by atoms with Crippen molar-refractivity contribution in [2.24, 2.45) is 0 Å². The largest absolute Gasteiger partial charge is 0.468 e. The number of nitrogens with zero attached hydrogens (tertiary/aromatic N) is 1. The first-order valence-electron chi connectivity index (χ1n) is 5.34. The third-order valence-electron chi connectivity index (χ3n) is 2.85. The van der Waals surface area contributed by atoms with Crippen molar-refractivity contribution in [3.8, 4) is 6.07 Å². The van der Waals surface area contributed by atoms with E-state index in [1.165, 1.54) is 7.11 Å². The van der Waals surface area contributed by atoms with Gasteiger partial charge in [-0.3, -0.25) is 4.79 Å². The van der Waals surface area contributed by atoms with E-state index < -0.39 is 0 Å². The van der Waals surface area contributed by atoms with Crippen LogP contribution in [0.4, 0.5) is 0 Å². The Labute approximate surface area is 99.4 Å². The van der Waals surface area contributed by atoms with Gasteiger partial charge in [-0.2, -0.15) is 5.26 Å². The highest BCUT2D eigenvalue weighted by atomic mass is 16.5. The maximum absolute atomic E-state index is 11.4. The number of nitrogens with one attached hydrogen (secondary N) is 2. The van der Waals surface area contributed by atoms with Crippen molar-refractivity contribution in [3.63, 3.8) is 0 Å². The maximum atomic E-state index is 11.4. The van der Waals surface area contributed by atoms with E-state index in [1.807, 2.05) is 18.2 Å². The first kappa shape index (κ1) is 11.6. The molecule has 1 fully saturated rings. The fraction of sp³-hybridized carbons (Fsp3) is 0.333. The monoisotopic (exact) mass is 231 g/mol. The Hall–Kier alpha value is -1.90. The molecule has 88 valence electrons. The van der Waals surface area contributed by atoms with Gasteiger partial charge >= 0.3 is 5.97 Å². The van der Waals surface area contributed by atoms with Gasteiger partial charge in [-0.15, -0.1) is 0 Å². The van der Waals surface area contributed by atoms with Gasteiger partial charge in [-0.1, -0.05) is 18.2 Å². The Morgan fingerprint density at radius 1 is 1.47 bits per heavy atom. The van der Waals surface area contributed by atoms with Crippen LogP contribution in [0, 0.1) is 11.3 Å². The summed E-state index contributed by atoms with van der Waals surface area (Å²) in [4.78, 5) is 11.4. The highest BCUT2D eigenvalue weighted by Gasteiger charge is 2.31. The molecule has 0 aliphatic carbocycles. The van der Waals surface area contributed by atoms with Crippen LogP contribution in [0.1, 0.15) is 23.6 Å². The van der Waals surface area contributed by atoms with Crippen LogP contribution < -0.4 is 10.9 Å². The Morgan fingerprint density at radius 2 is 2.24 bits per heavy atom. The smallest absolute Gasteiger partial charge is 0.324 e. The first-order chi connectivity index (χ1) is 8.26. The molecule has 0 radical (unpaired) electrons. The minimum Gasteiger partial charge on any atom is -0.468 e. The molecule has 1 aliphatic heterocycles. The quantitative estimate of drug-likeness (QED) is 0.731. The SMILES string of the molecule is COC(=O)C1CC(c2ccccc2C#N)NN1. The molecule has 0 aromatic heterocycles. The average Bonchev–Trinajstić information content (AvgIpc) is 2.87. The van der Waals surface area contributed by atoms with E-state index in [1.54, 1.807) is 6.07 Å². The molecule has 1 saturated heterocycles. The third kappa shape index (κ3) is 2.28. The molecule has 2 rings (SSSR count). The average molecular weight is 231 g/mol. The number of benzene rings is 1. The van der Waals surface area contributed by atoms with E-state index in [-0.39, 0.29) is 18.1 Å². The highest BCUT2D eigenvalue weighted by molar-refractivity contribution is 5.76. The van der Waals surface area contributed by atoms with Gasteiger partial charge in [-0.25, -0.2) is 10.9 Å². The topological polar surface area (TPSA) is 74.2 Å². The molecule has 1 aliphatic rings. The molecule has 0 spiro atoms. The fourth-order valence-electron chi connectivity index (χ4n) is 1.96. The molecule has 2 N–H and O–H groups in total. The van der Waals surface area contributed by atoms with Crippen molar-refractivity contribution >= 4 is 5.97 Å². The summed E-state index contributed by atoms with van der Waals surface area (Å²) in [5.41, 5.74) is 7.40. The zero-order valence-electron chi connectivity index (χ0n) is 9.43. The molecule has 5 nitrogen and oxygen atoms in total. The van der Waals surface area contributed by atoms with Crippen LogP contribution in [0.25, 0.3) is 0 Å². The molecule has 0 bridgehead atoms. The Kier molecular flexibility index (Phi) is 3.38. The van der Waals surface area contributed by atoms with Crippen molar-refractivity contribution in [2.45, 2.75) is 18.5 Å². The summed E-state index contributed by atoms with van der Waals surface area (Å²) in [7, 11) is 1.36. The van der Waals surface area contributed by atoms with Crippen molar-refractivity contribution in [3.05, 3.63) is 35.4 Å². The van der Waals surface area contributed by atoms with Crippen molar-refractivity contribution < 1.29 is 9.53 Å². The Bertz CT molecular complexity index is 467. The van der Waals surface area contributed by atoms with E-state index in [9.17, 15) is 4.79 Å². The number of rotatable bonds is 2. The molecule has 17 heavy (non-hydrogen) atoms. The zero-order chi connectivity index (χ0) is 12.3. The third-order valence-corrected chi connectivity index (χ3v) is 2.85. The minimum absolute atomic E-state index is 0.0463. The van der Waals surface area contributed by atoms with Crippen molar-refractivity contribution in [1.29, 1.82) is 5.26 Å². The summed E-state index contributed by atoms with van der Waals surface area (Å²) in [6, 6.07) is 9.09. The summed E-state index contributed by atoms with van der Waals surface area (Å²) in [5, 5.41) is 9.01. The van der Waals surface area contributed by atoms with Gasteiger partial charge in [0, 0.05) is 6.04 Å². The molecule has 2 unspecified atom stereocenters. The summed E-state index contributed by atoms with van der Waals surface area (Å²) in [6.45, 7) is 0. The van der Waals surface area contributed by atoms with Gasteiger partial charge in [0.25, 0.3) is 0 Å². The van der Waals surface area contributed by atoms with E-state index in [4.69, 9.17) is 5.26 Å². The lowest BCUT2D eigenvalue weighted by atomic mass is 9.98. The van der Waals surface area contributed by atoms with Crippen LogP contribution in [0.15, 0.2) is 24.3 Å². The van der Waals surface area contributed by atoms with Crippen molar-refractivity contribution in [2.75, 3.05) is 7.11 Å². The van der Waals surface area contributed by atoms with Gasteiger partial charge in [0.15, 0.2) is 0 Å². The summed E-state index contributed by atoms with van der Waals surface area (Å²) >= 11 is 0. The minimum atomic E-state index is -0.364. The number of esters is 1. The zero-order valence-corrected chi connectivity index (χ0v) is 9.43. The molecule has 1 aromatic rings. The van der Waals surface area contributed by atoms with Gasteiger partial charge < -0.3 is 4.74 Å². The molecular formula is C12H13N3O2. The molecular weight excluding hydrogens is 218 g/mol. The van der Waals surface area contributed by atoms with E-state index in [0.717, 1.165) is 5.56 Å². The van der Waals surface area contributed by atoms with Crippen LogP contribution in [0.5, 0.6) is 0 Å². The molecule has 2 atom stereocenters. The van der Waals surface area contributed by atoms with Crippen molar-refractivity contribution in [1.82, 2.24) is 10.9 Å². The van der Waals surface area contributed by atoms with Crippen LogP contribution in [-0.4, -0.2) is 19.1 Å². The summed E-state index contributed by atoms with van der Waals surface area (Å²) < 4.78 is 4.67. The molecule has 0 amide bonds. The number of hydrazine groups is 1. The summed E-state index contributed by atoms with van der Waals surface area (Å²) in [5.74, 6) is -0.297. The molecule has 5 heteroatoms. The number of methoxy groups -OCH3 is 1. The van der Waals surface area contributed by atoms with Crippen LogP contribution in [-0.2, 0) is 9.53 Å². The lowest BCUT2D eigenvalue weighted by molar-refractivity contribution is -0.142. The number of carbonyl (C=O) groups is 1. The number of nitriles is 1. The fourth-order valence-corrected chi connectivity index (χ4v) is 1.96. The number of hydrogen-bond donors (Lipinski definition) is 2. The Morgan fingerprint density at radius 3 is 2.94 bits per heavy atom. The molecule has 0 saturated carbocycles. The number of carbonyl (C=O) groups excluding carboxylic acids is 1.